The SMILES string of the molecule is CCN(C)c1nc(NCC2CCC(CNS(=O)(=O)c3ccccc3F)CC2)nc2ccccc12.O=C(O)C(F)(F)F. The third kappa shape index (κ3) is 8.98. The molecule has 4 rings (SSSR count). The number of benzene rings is 2. The van der Waals surface area contributed by atoms with Crippen LogP contribution in [0.4, 0.5) is 29.3 Å². The number of para-hydroxylation sites is 1. The van der Waals surface area contributed by atoms with E-state index in [1.807, 2.05) is 31.3 Å². The van der Waals surface area contributed by atoms with Crippen LogP contribution >= 0.6 is 0 Å². The Morgan fingerprint density at radius 1 is 1.00 bits per heavy atom. The van der Waals surface area contributed by atoms with E-state index < -0.39 is 28.0 Å². The van der Waals surface area contributed by atoms with Crippen molar-refractivity contribution in [3.8, 4) is 0 Å². The molecule has 224 valence electrons. The Balaban J connectivity index is 0.000000587. The maximum absolute atomic E-state index is 13.9. The summed E-state index contributed by atoms with van der Waals surface area (Å²) in [6.45, 7) is 4.06. The number of carbonyl (C=O) groups is 1. The highest BCUT2D eigenvalue weighted by Gasteiger charge is 2.38. The molecule has 0 aliphatic heterocycles. The summed E-state index contributed by atoms with van der Waals surface area (Å²) in [5.74, 6) is -1.21. The molecule has 0 radical (unpaired) electrons. The van der Waals surface area contributed by atoms with E-state index in [9.17, 15) is 26.0 Å². The van der Waals surface area contributed by atoms with Crippen molar-refractivity contribution in [1.82, 2.24) is 14.7 Å². The zero-order valence-corrected chi connectivity index (χ0v) is 23.5. The summed E-state index contributed by atoms with van der Waals surface area (Å²) < 4.78 is 73.1. The minimum absolute atomic E-state index is 0.250. The molecule has 41 heavy (non-hydrogen) atoms. The number of nitrogens with one attached hydrogen (secondary N) is 2. The number of sulfonamides is 1. The van der Waals surface area contributed by atoms with Gasteiger partial charge in [0.1, 0.15) is 16.5 Å². The van der Waals surface area contributed by atoms with Crippen LogP contribution in [-0.4, -0.2) is 62.3 Å². The van der Waals surface area contributed by atoms with Crippen molar-refractivity contribution < 1.29 is 35.9 Å². The van der Waals surface area contributed by atoms with Gasteiger partial charge < -0.3 is 15.3 Å². The number of aliphatic carboxylic acids is 1. The van der Waals surface area contributed by atoms with Crippen LogP contribution in [0.25, 0.3) is 10.9 Å². The monoisotopic (exact) mass is 599 g/mol. The molecule has 1 aliphatic carbocycles. The van der Waals surface area contributed by atoms with E-state index in [2.05, 4.69) is 26.8 Å². The number of hydrogen-bond donors (Lipinski definition) is 3. The topological polar surface area (TPSA) is 125 Å². The van der Waals surface area contributed by atoms with Crippen LogP contribution in [0, 0.1) is 17.7 Å². The fourth-order valence-corrected chi connectivity index (χ4v) is 5.62. The van der Waals surface area contributed by atoms with E-state index in [1.54, 1.807) is 0 Å². The second kappa shape index (κ2) is 13.9. The van der Waals surface area contributed by atoms with Crippen LogP contribution in [0.1, 0.15) is 32.6 Å². The van der Waals surface area contributed by atoms with Gasteiger partial charge in [-0.2, -0.15) is 18.2 Å². The van der Waals surface area contributed by atoms with Gasteiger partial charge in [-0.05, 0) is 68.7 Å². The number of hydrogen-bond acceptors (Lipinski definition) is 7. The van der Waals surface area contributed by atoms with Gasteiger partial charge in [0.15, 0.2) is 0 Å². The zero-order chi connectivity index (χ0) is 30.2. The maximum atomic E-state index is 13.9. The fraction of sp³-hybridized carbons (Fsp3) is 0.444. The molecular formula is C27H33F4N5O4S. The van der Waals surface area contributed by atoms with Gasteiger partial charge in [-0.3, -0.25) is 0 Å². The number of nitrogens with zero attached hydrogens (tertiary/aromatic N) is 3. The third-order valence-electron chi connectivity index (χ3n) is 6.86. The van der Waals surface area contributed by atoms with Crippen LogP contribution in [0.5, 0.6) is 0 Å². The second-order valence-corrected chi connectivity index (χ2v) is 11.5. The molecule has 0 amide bonds. The van der Waals surface area contributed by atoms with E-state index in [1.165, 1.54) is 18.2 Å². The van der Waals surface area contributed by atoms with Crippen LogP contribution in [0.3, 0.4) is 0 Å². The van der Waals surface area contributed by atoms with Gasteiger partial charge in [0, 0.05) is 32.1 Å². The number of aromatic nitrogens is 2. The van der Waals surface area contributed by atoms with E-state index in [0.29, 0.717) is 18.4 Å². The lowest BCUT2D eigenvalue weighted by molar-refractivity contribution is -0.192. The van der Waals surface area contributed by atoms with Crippen LogP contribution in [-0.2, 0) is 14.8 Å². The molecule has 1 aliphatic rings. The van der Waals surface area contributed by atoms with Crippen molar-refractivity contribution in [1.29, 1.82) is 0 Å². The Morgan fingerprint density at radius 2 is 1.56 bits per heavy atom. The molecule has 1 saturated carbocycles. The lowest BCUT2D eigenvalue weighted by Crippen LogP contribution is -2.32. The average Bonchev–Trinajstić information content (AvgIpc) is 2.94. The Labute approximate surface area is 236 Å². The second-order valence-electron chi connectivity index (χ2n) is 9.76. The van der Waals surface area contributed by atoms with E-state index in [-0.39, 0.29) is 10.8 Å². The summed E-state index contributed by atoms with van der Waals surface area (Å²) >= 11 is 0. The highest BCUT2D eigenvalue weighted by molar-refractivity contribution is 7.89. The molecule has 0 saturated heterocycles. The minimum Gasteiger partial charge on any atom is -0.475 e. The van der Waals surface area contributed by atoms with Gasteiger partial charge in [0.2, 0.25) is 16.0 Å². The fourth-order valence-electron chi connectivity index (χ4n) is 4.42. The smallest absolute Gasteiger partial charge is 0.475 e. The Kier molecular flexibility index (Phi) is 10.8. The Hall–Kier alpha value is -3.52. The molecule has 0 unspecified atom stereocenters. The molecule has 3 N–H and O–H groups in total. The third-order valence-corrected chi connectivity index (χ3v) is 8.32. The predicted octanol–water partition coefficient (Wildman–Crippen LogP) is 5.06. The zero-order valence-electron chi connectivity index (χ0n) is 22.7. The average molecular weight is 600 g/mol. The molecule has 0 spiro atoms. The number of rotatable bonds is 9. The van der Waals surface area contributed by atoms with E-state index >= 15 is 0 Å². The van der Waals surface area contributed by atoms with Gasteiger partial charge >= 0.3 is 12.1 Å². The van der Waals surface area contributed by atoms with Crippen LogP contribution in [0.15, 0.2) is 53.4 Å². The number of halogens is 4. The van der Waals surface area contributed by atoms with Crippen molar-refractivity contribution in [3.05, 3.63) is 54.3 Å². The normalized spacial score (nSPS) is 17.4. The molecule has 9 nitrogen and oxygen atoms in total. The molecule has 2 aromatic carbocycles. The van der Waals surface area contributed by atoms with Crippen molar-refractivity contribution in [2.75, 3.05) is 36.9 Å². The molecule has 3 aromatic rings. The predicted molar refractivity (Wildman–Crippen MR) is 148 cm³/mol. The largest absolute Gasteiger partial charge is 0.490 e. The summed E-state index contributed by atoms with van der Waals surface area (Å²) in [5.41, 5.74) is 0.918. The number of alkyl halides is 3. The van der Waals surface area contributed by atoms with E-state index in [0.717, 1.165) is 61.6 Å². The Bertz CT molecular complexity index is 1430. The summed E-state index contributed by atoms with van der Waals surface area (Å²) in [4.78, 5) is 20.2. The van der Waals surface area contributed by atoms with Gasteiger partial charge in [-0.25, -0.2) is 27.3 Å². The molecule has 1 fully saturated rings. The molecule has 1 aromatic heterocycles. The van der Waals surface area contributed by atoms with E-state index in [4.69, 9.17) is 14.9 Å². The number of fused-ring (bicyclic) bond motifs is 1. The standard InChI is InChI=1S/C25H32FN5O2S.C2HF3O2/c1-3-31(2)24-20-8-4-6-10-22(20)29-25(30-24)27-16-18-12-14-19(15-13-18)17-28-34(32,33)23-11-7-5-9-21(23)26;3-2(4,5)1(6)7/h4-11,18-19,28H,3,12-17H2,1-2H3,(H,27,29,30);(H,6,7). The number of anilines is 2. The quantitative estimate of drug-likeness (QED) is 0.292. The van der Waals surface area contributed by atoms with Gasteiger partial charge in [-0.15, -0.1) is 0 Å². The summed E-state index contributed by atoms with van der Waals surface area (Å²) in [6, 6.07) is 13.5. The van der Waals surface area contributed by atoms with Crippen molar-refractivity contribution in [3.63, 3.8) is 0 Å². The van der Waals surface area contributed by atoms with Crippen molar-refractivity contribution in [2.24, 2.45) is 11.8 Å². The molecule has 0 atom stereocenters. The molecule has 1 heterocycles. The molecular weight excluding hydrogens is 566 g/mol. The highest BCUT2D eigenvalue weighted by atomic mass is 32.2. The first-order valence-electron chi connectivity index (χ1n) is 13.1. The first kappa shape index (κ1) is 32.0. The summed E-state index contributed by atoms with van der Waals surface area (Å²) in [6.07, 6.45) is -1.24. The van der Waals surface area contributed by atoms with Crippen LogP contribution in [0.2, 0.25) is 0 Å². The summed E-state index contributed by atoms with van der Waals surface area (Å²) in [5, 5.41) is 11.6. The minimum atomic E-state index is -5.08. The Morgan fingerprint density at radius 3 is 2.15 bits per heavy atom. The van der Waals surface area contributed by atoms with Gasteiger partial charge in [0.25, 0.3) is 0 Å². The lowest BCUT2D eigenvalue weighted by atomic mass is 9.82. The number of carboxylic acid groups (broad SMARTS) is 1. The van der Waals surface area contributed by atoms with Gasteiger partial charge in [-0.1, -0.05) is 24.3 Å². The van der Waals surface area contributed by atoms with Crippen molar-refractivity contribution in [2.45, 2.75) is 43.7 Å². The summed E-state index contributed by atoms with van der Waals surface area (Å²) in [7, 11) is -1.81. The maximum Gasteiger partial charge on any atom is 0.490 e. The number of carboxylic acids is 1. The molecule has 0 bridgehead atoms. The van der Waals surface area contributed by atoms with Crippen LogP contribution < -0.4 is 14.9 Å². The highest BCUT2D eigenvalue weighted by Crippen LogP contribution is 2.30. The first-order chi connectivity index (χ1) is 19.3. The van der Waals surface area contributed by atoms with Gasteiger partial charge in [0.05, 0.1) is 5.52 Å². The first-order valence-corrected chi connectivity index (χ1v) is 14.6. The lowest BCUT2D eigenvalue weighted by Gasteiger charge is -2.29. The molecule has 14 heteroatoms. The van der Waals surface area contributed by atoms with Crippen molar-refractivity contribution >= 4 is 38.7 Å².